The number of halogens is 2. The summed E-state index contributed by atoms with van der Waals surface area (Å²) in [5.74, 6) is -3.34. The van der Waals surface area contributed by atoms with E-state index in [2.05, 4.69) is 5.32 Å². The van der Waals surface area contributed by atoms with Crippen molar-refractivity contribution in [3.63, 3.8) is 0 Å². The van der Waals surface area contributed by atoms with Crippen molar-refractivity contribution in [3.8, 4) is 5.75 Å². The van der Waals surface area contributed by atoms with Crippen LogP contribution in [0.3, 0.4) is 0 Å². The highest BCUT2D eigenvalue weighted by atomic mass is 19.1. The first-order valence-corrected chi connectivity index (χ1v) is 9.72. The van der Waals surface area contributed by atoms with E-state index in [0.717, 1.165) is 19.0 Å². The summed E-state index contributed by atoms with van der Waals surface area (Å²) in [5, 5.41) is 12.7. The Hall–Kier alpha value is -3.11. The number of carbonyl (C=O) groups is 2. The zero-order valence-corrected chi connectivity index (χ0v) is 17.1. The highest BCUT2D eigenvalue weighted by Gasteiger charge is 2.25. The summed E-state index contributed by atoms with van der Waals surface area (Å²) in [6, 6.07) is 2.05. The van der Waals surface area contributed by atoms with Crippen LogP contribution in [0.4, 0.5) is 8.78 Å². The average molecular weight is 435 g/mol. The monoisotopic (exact) mass is 435 g/mol. The number of nitrogens with zero attached hydrogens (tertiary/aromatic N) is 2. The molecule has 8 nitrogen and oxygen atoms in total. The third-order valence-corrected chi connectivity index (χ3v) is 5.24. The molecular weight excluding hydrogens is 412 g/mol. The van der Waals surface area contributed by atoms with Crippen LogP contribution < -0.4 is 10.7 Å². The second-order valence-corrected chi connectivity index (χ2v) is 7.40. The number of hydrogen-bond acceptors (Lipinski definition) is 6. The molecule has 2 aromatic rings. The standard InChI is InChI=1S/C21H23F2N3O5/c1-12(14-5-4-13(22)8-16(14)23)24-21(30)15-9-26(17(11-27)20(29)19(15)28)10-18-25(2)6-3-7-31-18/h4-5,8-9,11-12,18,29H,3,6-7,10H2,1-2H3,(H,24,30). The van der Waals surface area contributed by atoms with Crippen LogP contribution in [-0.2, 0) is 11.3 Å². The number of likely N-dealkylation sites (N-methyl/N-ethyl adjacent to an activating group) is 1. The number of amides is 1. The first kappa shape index (κ1) is 22.6. The number of ether oxygens (including phenoxy) is 1. The van der Waals surface area contributed by atoms with Gasteiger partial charge in [-0.3, -0.25) is 19.3 Å². The van der Waals surface area contributed by atoms with E-state index in [1.54, 1.807) is 0 Å². The van der Waals surface area contributed by atoms with Gasteiger partial charge >= 0.3 is 0 Å². The predicted molar refractivity (Wildman–Crippen MR) is 107 cm³/mol. The summed E-state index contributed by atoms with van der Waals surface area (Å²) in [4.78, 5) is 38.6. The van der Waals surface area contributed by atoms with Crippen molar-refractivity contribution in [3.05, 3.63) is 63.1 Å². The first-order valence-electron chi connectivity index (χ1n) is 9.72. The van der Waals surface area contributed by atoms with Gasteiger partial charge in [0.15, 0.2) is 12.0 Å². The lowest BCUT2D eigenvalue weighted by Gasteiger charge is -2.33. The molecular formula is C21H23F2N3O5. The molecule has 2 atom stereocenters. The molecule has 1 amide bonds. The Balaban J connectivity index is 1.90. The number of carbonyl (C=O) groups excluding carboxylic acids is 2. The van der Waals surface area contributed by atoms with Gasteiger partial charge in [-0.15, -0.1) is 0 Å². The molecule has 0 radical (unpaired) electrons. The Bertz CT molecular complexity index is 1060. The van der Waals surface area contributed by atoms with E-state index in [4.69, 9.17) is 4.74 Å². The minimum atomic E-state index is -1.03. The van der Waals surface area contributed by atoms with Crippen LogP contribution in [0, 0.1) is 11.6 Å². The maximum Gasteiger partial charge on any atom is 0.257 e. The minimum Gasteiger partial charge on any atom is -0.503 e. The van der Waals surface area contributed by atoms with Gasteiger partial charge in [0.1, 0.15) is 29.1 Å². The smallest absolute Gasteiger partial charge is 0.257 e. The fourth-order valence-corrected chi connectivity index (χ4v) is 3.47. The maximum absolute atomic E-state index is 14.0. The van der Waals surface area contributed by atoms with Crippen LogP contribution in [0.1, 0.15) is 45.8 Å². The normalized spacial score (nSPS) is 17.9. The molecule has 2 unspecified atom stereocenters. The van der Waals surface area contributed by atoms with E-state index in [1.165, 1.54) is 23.8 Å². The molecule has 1 aliphatic heterocycles. The van der Waals surface area contributed by atoms with Gasteiger partial charge in [-0.05, 0) is 26.5 Å². The number of nitrogens with one attached hydrogen (secondary N) is 1. The van der Waals surface area contributed by atoms with E-state index >= 15 is 0 Å². The van der Waals surface area contributed by atoms with Crippen molar-refractivity contribution >= 4 is 12.2 Å². The van der Waals surface area contributed by atoms with Gasteiger partial charge in [0.2, 0.25) is 5.43 Å². The molecule has 1 aliphatic rings. The summed E-state index contributed by atoms with van der Waals surface area (Å²) >= 11 is 0. The van der Waals surface area contributed by atoms with Gasteiger partial charge in [-0.1, -0.05) is 6.07 Å². The number of benzene rings is 1. The molecule has 1 fully saturated rings. The first-order chi connectivity index (χ1) is 14.7. The zero-order chi connectivity index (χ0) is 22.7. The molecule has 2 heterocycles. The van der Waals surface area contributed by atoms with Crippen molar-refractivity contribution in [2.45, 2.75) is 32.2 Å². The number of hydrogen-bond donors (Lipinski definition) is 2. The molecule has 2 N–H and O–H groups in total. The van der Waals surface area contributed by atoms with Crippen molar-refractivity contribution < 1.29 is 28.2 Å². The van der Waals surface area contributed by atoms with Crippen molar-refractivity contribution in [1.29, 1.82) is 0 Å². The van der Waals surface area contributed by atoms with E-state index in [0.29, 0.717) is 19.0 Å². The third-order valence-electron chi connectivity index (χ3n) is 5.24. The molecule has 3 rings (SSSR count). The van der Waals surface area contributed by atoms with Crippen molar-refractivity contribution in [1.82, 2.24) is 14.8 Å². The van der Waals surface area contributed by atoms with Crippen LogP contribution in [-0.4, -0.2) is 53.2 Å². The quantitative estimate of drug-likeness (QED) is 0.672. The number of aromatic hydroxyl groups is 1. The largest absolute Gasteiger partial charge is 0.503 e. The Morgan fingerprint density at radius 2 is 2.16 bits per heavy atom. The van der Waals surface area contributed by atoms with Crippen LogP contribution >= 0.6 is 0 Å². The Morgan fingerprint density at radius 3 is 2.81 bits per heavy atom. The van der Waals surface area contributed by atoms with E-state index in [9.17, 15) is 28.3 Å². The van der Waals surface area contributed by atoms with Crippen LogP contribution in [0.25, 0.3) is 0 Å². The lowest BCUT2D eigenvalue weighted by molar-refractivity contribution is -0.0910. The number of rotatable bonds is 6. The summed E-state index contributed by atoms with van der Waals surface area (Å²) in [7, 11) is 1.83. The Kier molecular flexibility index (Phi) is 6.81. The van der Waals surface area contributed by atoms with Crippen LogP contribution in [0.15, 0.2) is 29.2 Å². The van der Waals surface area contributed by atoms with Gasteiger partial charge in [-0.2, -0.15) is 0 Å². The number of aldehydes is 1. The highest BCUT2D eigenvalue weighted by molar-refractivity contribution is 5.95. The fourth-order valence-electron chi connectivity index (χ4n) is 3.47. The topological polar surface area (TPSA) is 101 Å². The number of aromatic nitrogens is 1. The highest BCUT2D eigenvalue weighted by Crippen LogP contribution is 2.19. The maximum atomic E-state index is 14.0. The fraction of sp³-hybridized carbons (Fsp3) is 0.381. The second kappa shape index (κ2) is 9.36. The van der Waals surface area contributed by atoms with Crippen molar-refractivity contribution in [2.24, 2.45) is 0 Å². The third kappa shape index (κ3) is 4.80. The number of pyridine rings is 1. The molecule has 0 spiro atoms. The average Bonchev–Trinajstić information content (AvgIpc) is 2.72. The van der Waals surface area contributed by atoms with Crippen LogP contribution in [0.5, 0.6) is 5.75 Å². The lowest BCUT2D eigenvalue weighted by Crippen LogP contribution is -2.43. The van der Waals surface area contributed by atoms with E-state index < -0.39 is 46.6 Å². The Morgan fingerprint density at radius 1 is 1.42 bits per heavy atom. The molecule has 0 bridgehead atoms. The summed E-state index contributed by atoms with van der Waals surface area (Å²) in [6.45, 7) is 2.85. The molecule has 10 heteroatoms. The SMILES string of the molecule is CC(NC(=O)c1cn(CC2OCCCN2C)c(C=O)c(O)c1=O)c1ccc(F)cc1F. The minimum absolute atomic E-state index is 0.0287. The van der Waals surface area contributed by atoms with Gasteiger partial charge in [0.25, 0.3) is 5.91 Å². The molecule has 0 aliphatic carbocycles. The summed E-state index contributed by atoms with van der Waals surface area (Å²) < 4.78 is 34.1. The van der Waals surface area contributed by atoms with Gasteiger partial charge in [0, 0.05) is 31.0 Å². The summed E-state index contributed by atoms with van der Waals surface area (Å²) in [5.41, 5.74) is -1.70. The van der Waals surface area contributed by atoms with Crippen LogP contribution in [0.2, 0.25) is 0 Å². The van der Waals surface area contributed by atoms with Gasteiger partial charge < -0.3 is 19.7 Å². The molecule has 0 saturated carbocycles. The molecule has 1 saturated heterocycles. The zero-order valence-electron chi connectivity index (χ0n) is 17.1. The van der Waals surface area contributed by atoms with Gasteiger partial charge in [-0.25, -0.2) is 8.78 Å². The molecule has 166 valence electrons. The lowest BCUT2D eigenvalue weighted by atomic mass is 10.1. The summed E-state index contributed by atoms with van der Waals surface area (Å²) in [6.07, 6.45) is 1.92. The molecule has 1 aromatic heterocycles. The van der Waals surface area contributed by atoms with E-state index in [1.807, 2.05) is 11.9 Å². The molecule has 1 aromatic carbocycles. The molecule has 31 heavy (non-hydrogen) atoms. The predicted octanol–water partition coefficient (Wildman–Crippen LogP) is 1.81. The van der Waals surface area contributed by atoms with E-state index in [-0.39, 0.29) is 17.8 Å². The Labute approximate surface area is 177 Å². The van der Waals surface area contributed by atoms with Crippen molar-refractivity contribution in [2.75, 3.05) is 20.2 Å². The van der Waals surface area contributed by atoms with Gasteiger partial charge in [0.05, 0.1) is 12.6 Å². The second-order valence-electron chi connectivity index (χ2n) is 7.40.